The number of hydrogen-bond donors (Lipinski definition) is 4. The van der Waals surface area contributed by atoms with E-state index in [0.717, 1.165) is 0 Å². The second-order valence-corrected chi connectivity index (χ2v) is 13.8. The zero-order chi connectivity index (χ0) is 33.1. The average Bonchev–Trinajstić information content (AvgIpc) is 3.27. The lowest BCUT2D eigenvalue weighted by atomic mass is 9.80. The number of aliphatic hydroxyl groups is 1. The van der Waals surface area contributed by atoms with Gasteiger partial charge in [0, 0.05) is 31.2 Å². The van der Waals surface area contributed by atoms with E-state index in [-0.39, 0.29) is 30.1 Å². The quantitative estimate of drug-likeness (QED) is 0.246. The highest BCUT2D eigenvalue weighted by Crippen LogP contribution is 2.37. The minimum absolute atomic E-state index is 0.0218. The molecule has 0 aromatic carbocycles. The summed E-state index contributed by atoms with van der Waals surface area (Å²) in [6.07, 6.45) is -3.91. The van der Waals surface area contributed by atoms with Crippen LogP contribution in [-0.4, -0.2) is 122 Å². The standard InChI is InChI=1S/C31H56N4O9/c1-11-23-31(7)26(34-29(39)44-31)19(5)33-15-16(2)14-30(6,40-10)27(17(3)21(36)13-24(37)42-23)43-28-25(38)20(35(8)9)12-22(41-28)18(4)32/h16-20,22-23,25-28,33,38H,11-15,32H2,1-10H3,(H,34,39)/t16-,17+,18?,19-,20?,22+,23-,25-,26-,27-,28+,30-,31-/m1/s1. The molecule has 0 saturated carbocycles. The molecule has 3 fully saturated rings. The molecule has 3 saturated heterocycles. The van der Waals surface area contributed by atoms with E-state index in [1.54, 1.807) is 21.0 Å². The number of ketones is 1. The zero-order valence-corrected chi connectivity index (χ0v) is 28.1. The van der Waals surface area contributed by atoms with Gasteiger partial charge in [-0.3, -0.25) is 9.59 Å². The fourth-order valence-electron chi connectivity index (χ4n) is 7.08. The van der Waals surface area contributed by atoms with Crippen molar-refractivity contribution >= 4 is 17.8 Å². The molecule has 0 aliphatic carbocycles. The van der Waals surface area contributed by atoms with E-state index in [2.05, 4.69) is 17.6 Å². The Kier molecular flexibility index (Phi) is 12.2. The highest BCUT2D eigenvalue weighted by atomic mass is 16.7. The highest BCUT2D eigenvalue weighted by molar-refractivity contribution is 5.97. The Morgan fingerprint density at radius 3 is 2.41 bits per heavy atom. The number of Topliss-reactive ketones (excluding diaryl/α,β-unsaturated/α-hetero) is 1. The molecule has 3 aliphatic rings. The second kappa shape index (κ2) is 14.7. The average molecular weight is 629 g/mol. The molecular formula is C31H56N4O9. The molecule has 13 heteroatoms. The van der Waals surface area contributed by atoms with E-state index in [9.17, 15) is 19.5 Å². The molecule has 44 heavy (non-hydrogen) atoms. The molecular weight excluding hydrogens is 572 g/mol. The van der Waals surface area contributed by atoms with Crippen molar-refractivity contribution in [3.8, 4) is 0 Å². The molecule has 0 bridgehead atoms. The van der Waals surface area contributed by atoms with Gasteiger partial charge in [-0.25, -0.2) is 4.79 Å². The molecule has 3 heterocycles. The number of ether oxygens (including phenoxy) is 5. The van der Waals surface area contributed by atoms with Crippen molar-refractivity contribution in [3.05, 3.63) is 0 Å². The van der Waals surface area contributed by atoms with Crippen LogP contribution in [0.5, 0.6) is 0 Å². The van der Waals surface area contributed by atoms with Crippen LogP contribution < -0.4 is 16.4 Å². The molecule has 13 nitrogen and oxygen atoms in total. The van der Waals surface area contributed by atoms with E-state index in [4.69, 9.17) is 29.4 Å². The maximum atomic E-state index is 13.8. The van der Waals surface area contributed by atoms with Crippen LogP contribution in [0, 0.1) is 11.8 Å². The lowest BCUT2D eigenvalue weighted by Gasteiger charge is -2.47. The first-order chi connectivity index (χ1) is 20.5. The highest BCUT2D eigenvalue weighted by Gasteiger charge is 2.55. The number of nitrogens with zero attached hydrogens (tertiary/aromatic N) is 1. The Bertz CT molecular complexity index is 1010. The first-order valence-corrected chi connectivity index (χ1v) is 15.9. The Labute approximate surface area is 262 Å². The van der Waals surface area contributed by atoms with Crippen molar-refractivity contribution in [2.75, 3.05) is 27.7 Å². The summed E-state index contributed by atoms with van der Waals surface area (Å²) in [7, 11) is 5.31. The summed E-state index contributed by atoms with van der Waals surface area (Å²) in [6.45, 7) is 13.5. The van der Waals surface area contributed by atoms with Crippen LogP contribution in [0.2, 0.25) is 0 Å². The molecule has 13 atom stereocenters. The van der Waals surface area contributed by atoms with Crippen LogP contribution in [0.25, 0.3) is 0 Å². The lowest BCUT2D eigenvalue weighted by molar-refractivity contribution is -0.299. The topological polar surface area (TPSA) is 171 Å². The van der Waals surface area contributed by atoms with Gasteiger partial charge in [-0.2, -0.15) is 0 Å². The van der Waals surface area contributed by atoms with Gasteiger partial charge in [0.15, 0.2) is 11.9 Å². The largest absolute Gasteiger partial charge is 0.458 e. The van der Waals surface area contributed by atoms with Gasteiger partial charge < -0.3 is 50.1 Å². The Hall–Kier alpha value is -1.87. The number of esters is 1. The Balaban J connectivity index is 1.99. The number of cyclic esters (lactones) is 1. The van der Waals surface area contributed by atoms with Crippen molar-refractivity contribution in [3.63, 3.8) is 0 Å². The number of carbonyl (C=O) groups is 3. The van der Waals surface area contributed by atoms with Gasteiger partial charge in [0.1, 0.15) is 24.4 Å². The fraction of sp³-hybridized carbons (Fsp3) is 0.903. The van der Waals surface area contributed by atoms with Crippen LogP contribution >= 0.6 is 0 Å². The predicted molar refractivity (Wildman–Crippen MR) is 163 cm³/mol. The number of aliphatic hydroxyl groups excluding tert-OH is 1. The smallest absolute Gasteiger partial charge is 0.408 e. The van der Waals surface area contributed by atoms with E-state index < -0.39 is 72.0 Å². The van der Waals surface area contributed by atoms with Crippen LogP contribution in [0.15, 0.2) is 0 Å². The summed E-state index contributed by atoms with van der Waals surface area (Å²) in [5.41, 5.74) is 4.06. The summed E-state index contributed by atoms with van der Waals surface area (Å²) >= 11 is 0. The summed E-state index contributed by atoms with van der Waals surface area (Å²) in [6, 6.07) is -1.34. The monoisotopic (exact) mass is 628 g/mol. The molecule has 0 radical (unpaired) electrons. The minimum atomic E-state index is -1.15. The summed E-state index contributed by atoms with van der Waals surface area (Å²) < 4.78 is 30.4. The summed E-state index contributed by atoms with van der Waals surface area (Å²) in [5.74, 6) is -1.95. The molecule has 0 aromatic heterocycles. The van der Waals surface area contributed by atoms with E-state index in [0.29, 0.717) is 25.8 Å². The Morgan fingerprint density at radius 2 is 1.84 bits per heavy atom. The number of alkyl carbamates (subject to hydrolysis) is 1. The lowest BCUT2D eigenvalue weighted by Crippen LogP contribution is -2.61. The van der Waals surface area contributed by atoms with Gasteiger partial charge in [0.05, 0.1) is 23.9 Å². The number of nitrogens with one attached hydrogen (secondary N) is 2. The summed E-state index contributed by atoms with van der Waals surface area (Å²) in [5, 5.41) is 17.7. The number of likely N-dealkylation sites (N-methyl/N-ethyl adjacent to an activating group) is 1. The van der Waals surface area contributed by atoms with Gasteiger partial charge in [0.25, 0.3) is 0 Å². The number of carbonyl (C=O) groups excluding carboxylic acids is 3. The third-order valence-corrected chi connectivity index (χ3v) is 9.86. The van der Waals surface area contributed by atoms with Gasteiger partial charge in [0.2, 0.25) is 0 Å². The molecule has 3 aliphatic heterocycles. The molecule has 3 rings (SSSR count). The zero-order valence-electron chi connectivity index (χ0n) is 28.1. The number of amides is 1. The number of methoxy groups -OCH3 is 1. The first kappa shape index (κ1) is 36.6. The SMILES string of the molecule is CC[C@H]1OC(=O)CC(=O)[C@H](C)[C@@H](O[C@@H]2O[C@H](C(C)N)CC(N(C)C)[C@H]2O)[C@](C)(OC)C[C@@H](C)CN[C@H](C)[C@H]2NC(=O)O[C@@]21C. The van der Waals surface area contributed by atoms with Gasteiger partial charge in [-0.1, -0.05) is 20.8 Å². The number of rotatable bonds is 6. The van der Waals surface area contributed by atoms with Gasteiger partial charge in [-0.05, 0) is 73.5 Å². The van der Waals surface area contributed by atoms with Crippen LogP contribution in [0.3, 0.4) is 0 Å². The fourth-order valence-corrected chi connectivity index (χ4v) is 7.08. The van der Waals surface area contributed by atoms with Gasteiger partial charge >= 0.3 is 12.1 Å². The van der Waals surface area contributed by atoms with E-state index in [1.165, 1.54) is 0 Å². The molecule has 1 amide bonds. The second-order valence-electron chi connectivity index (χ2n) is 13.8. The Morgan fingerprint density at radius 1 is 1.18 bits per heavy atom. The van der Waals surface area contributed by atoms with Crippen molar-refractivity contribution in [1.82, 2.24) is 15.5 Å². The third-order valence-electron chi connectivity index (χ3n) is 9.86. The number of nitrogens with two attached hydrogens (primary N) is 1. The molecule has 254 valence electrons. The predicted octanol–water partition coefficient (Wildman–Crippen LogP) is 1.33. The number of hydrogen-bond acceptors (Lipinski definition) is 12. The van der Waals surface area contributed by atoms with Crippen molar-refractivity contribution < 1.29 is 43.2 Å². The first-order valence-electron chi connectivity index (χ1n) is 15.9. The van der Waals surface area contributed by atoms with Crippen LogP contribution in [-0.2, 0) is 33.3 Å². The molecule has 2 unspecified atom stereocenters. The third kappa shape index (κ3) is 7.91. The number of fused-ring (bicyclic) bond motifs is 1. The van der Waals surface area contributed by atoms with Gasteiger partial charge in [-0.15, -0.1) is 0 Å². The minimum Gasteiger partial charge on any atom is -0.458 e. The maximum Gasteiger partial charge on any atom is 0.408 e. The normalized spacial score (nSPS) is 43.7. The van der Waals surface area contributed by atoms with Crippen LogP contribution in [0.4, 0.5) is 4.79 Å². The van der Waals surface area contributed by atoms with Crippen LogP contribution in [0.1, 0.15) is 74.1 Å². The maximum absolute atomic E-state index is 13.8. The summed E-state index contributed by atoms with van der Waals surface area (Å²) in [4.78, 5) is 41.3. The molecule has 0 aromatic rings. The van der Waals surface area contributed by atoms with Crippen molar-refractivity contribution in [1.29, 1.82) is 0 Å². The van der Waals surface area contributed by atoms with E-state index in [1.807, 2.05) is 46.7 Å². The molecule has 0 spiro atoms. The van der Waals surface area contributed by atoms with Crippen molar-refractivity contribution in [2.24, 2.45) is 17.6 Å². The van der Waals surface area contributed by atoms with Crippen molar-refractivity contribution in [2.45, 2.75) is 140 Å². The molecule has 5 N–H and O–H groups in total. The van der Waals surface area contributed by atoms with E-state index >= 15 is 0 Å².